The van der Waals surface area contributed by atoms with Crippen molar-refractivity contribution in [1.29, 1.82) is 0 Å². The molecule has 1 aliphatic rings. The molecule has 11 heteroatoms. The Morgan fingerprint density at radius 2 is 1.76 bits per heavy atom. The Labute approximate surface area is 168 Å². The van der Waals surface area contributed by atoms with Crippen LogP contribution in [0.15, 0.2) is 35.4 Å². The highest BCUT2D eigenvalue weighted by Gasteiger charge is 2.32. The van der Waals surface area contributed by atoms with Crippen LogP contribution >= 0.6 is 0 Å². The number of carboxylic acid groups (broad SMARTS) is 1. The lowest BCUT2D eigenvalue weighted by molar-refractivity contribution is 0.0653. The maximum absolute atomic E-state index is 12.8. The molecule has 2 aromatic rings. The van der Waals surface area contributed by atoms with Crippen LogP contribution in [0.2, 0.25) is 0 Å². The number of hydrogen-bond donors (Lipinski definition) is 1. The number of aromatic carboxylic acids is 1. The molecule has 1 aromatic heterocycles. The number of carboxylic acids is 1. The summed E-state index contributed by atoms with van der Waals surface area (Å²) in [7, 11) is -2.17. The lowest BCUT2D eigenvalue weighted by Gasteiger charge is -2.33. The third kappa shape index (κ3) is 4.25. The molecule has 29 heavy (non-hydrogen) atoms. The Kier molecular flexibility index (Phi) is 5.89. The molecule has 1 amide bonds. The molecule has 1 N–H and O–H groups in total. The number of sulfonamides is 1. The van der Waals surface area contributed by atoms with E-state index in [4.69, 9.17) is 4.74 Å². The van der Waals surface area contributed by atoms with Gasteiger partial charge in [-0.25, -0.2) is 13.2 Å². The van der Waals surface area contributed by atoms with Crippen molar-refractivity contribution in [1.82, 2.24) is 19.0 Å². The smallest absolute Gasteiger partial charge is 0.339 e. The minimum Gasteiger partial charge on any atom is -0.494 e. The van der Waals surface area contributed by atoms with Gasteiger partial charge < -0.3 is 14.7 Å². The lowest BCUT2D eigenvalue weighted by atomic mass is 10.2. The molecular formula is C18H22N4O6S. The minimum atomic E-state index is -3.70. The number of aromatic nitrogens is 2. The maximum Gasteiger partial charge on any atom is 0.339 e. The number of carbonyl (C=O) groups excluding carboxylic acids is 1. The van der Waals surface area contributed by atoms with Crippen molar-refractivity contribution >= 4 is 21.9 Å². The van der Waals surface area contributed by atoms with Gasteiger partial charge >= 0.3 is 5.97 Å². The molecule has 0 radical (unpaired) electrons. The first-order valence-electron chi connectivity index (χ1n) is 9.03. The van der Waals surface area contributed by atoms with Gasteiger partial charge in [0.2, 0.25) is 10.0 Å². The second kappa shape index (κ2) is 8.21. The zero-order valence-corrected chi connectivity index (χ0v) is 16.9. The average molecular weight is 422 g/mol. The van der Waals surface area contributed by atoms with Gasteiger partial charge in [0, 0.05) is 39.4 Å². The topological polar surface area (TPSA) is 122 Å². The van der Waals surface area contributed by atoms with Gasteiger partial charge in [-0.2, -0.15) is 9.40 Å². The van der Waals surface area contributed by atoms with Gasteiger partial charge in [-0.1, -0.05) is 0 Å². The van der Waals surface area contributed by atoms with Crippen molar-refractivity contribution in [3.63, 3.8) is 0 Å². The fourth-order valence-electron chi connectivity index (χ4n) is 3.11. The SMILES string of the molecule is CCOc1ccc(S(=O)(=O)N2CCN(C(=O)c3nn(C)cc3C(=O)O)CC2)cc1. The van der Waals surface area contributed by atoms with E-state index in [9.17, 15) is 23.1 Å². The summed E-state index contributed by atoms with van der Waals surface area (Å²) in [6, 6.07) is 6.19. The summed E-state index contributed by atoms with van der Waals surface area (Å²) in [5, 5.41) is 13.2. The van der Waals surface area contributed by atoms with Crippen LogP contribution in [0.4, 0.5) is 0 Å². The number of nitrogens with zero attached hydrogens (tertiary/aromatic N) is 4. The number of carbonyl (C=O) groups is 2. The largest absolute Gasteiger partial charge is 0.494 e. The molecule has 0 aliphatic carbocycles. The quantitative estimate of drug-likeness (QED) is 0.726. The van der Waals surface area contributed by atoms with Crippen molar-refractivity contribution in [3.8, 4) is 5.75 Å². The van der Waals surface area contributed by atoms with E-state index >= 15 is 0 Å². The highest BCUT2D eigenvalue weighted by molar-refractivity contribution is 7.89. The van der Waals surface area contributed by atoms with E-state index in [1.165, 1.54) is 39.3 Å². The monoisotopic (exact) mass is 422 g/mol. The fourth-order valence-corrected chi connectivity index (χ4v) is 4.53. The highest BCUT2D eigenvalue weighted by atomic mass is 32.2. The molecule has 1 aliphatic heterocycles. The predicted molar refractivity (Wildman–Crippen MR) is 102 cm³/mol. The molecular weight excluding hydrogens is 400 g/mol. The van der Waals surface area contributed by atoms with Crippen molar-refractivity contribution < 1.29 is 27.9 Å². The van der Waals surface area contributed by atoms with Gasteiger partial charge in [0.25, 0.3) is 5.91 Å². The summed E-state index contributed by atoms with van der Waals surface area (Å²) >= 11 is 0. The van der Waals surface area contributed by atoms with Gasteiger partial charge in [-0.05, 0) is 31.2 Å². The van der Waals surface area contributed by atoms with Crippen LogP contribution in [0.5, 0.6) is 5.75 Å². The van der Waals surface area contributed by atoms with Gasteiger partial charge in [0.15, 0.2) is 5.69 Å². The fraction of sp³-hybridized carbons (Fsp3) is 0.389. The predicted octanol–water partition coefficient (Wildman–Crippen LogP) is 0.664. The number of benzene rings is 1. The highest BCUT2D eigenvalue weighted by Crippen LogP contribution is 2.21. The van der Waals surface area contributed by atoms with Crippen LogP contribution in [0.3, 0.4) is 0 Å². The molecule has 1 aromatic carbocycles. The molecule has 0 saturated carbocycles. The first-order valence-corrected chi connectivity index (χ1v) is 10.5. The Morgan fingerprint density at radius 1 is 1.14 bits per heavy atom. The zero-order chi connectivity index (χ0) is 21.2. The minimum absolute atomic E-state index is 0.108. The van der Waals surface area contributed by atoms with Gasteiger partial charge in [0.1, 0.15) is 11.3 Å². The first kappa shape index (κ1) is 20.8. The number of aryl methyl sites for hydroxylation is 1. The summed E-state index contributed by atoms with van der Waals surface area (Å²) in [5.74, 6) is -1.18. The van der Waals surface area contributed by atoms with E-state index < -0.39 is 21.9 Å². The summed E-state index contributed by atoms with van der Waals surface area (Å²) in [6.45, 7) is 2.83. The molecule has 0 bridgehead atoms. The summed E-state index contributed by atoms with van der Waals surface area (Å²) in [5.41, 5.74) is -0.329. The lowest BCUT2D eigenvalue weighted by Crippen LogP contribution is -2.50. The molecule has 3 rings (SSSR count). The van der Waals surface area contributed by atoms with E-state index in [-0.39, 0.29) is 42.3 Å². The Hall–Kier alpha value is -2.92. The summed E-state index contributed by atoms with van der Waals surface area (Å²) in [4.78, 5) is 25.5. The van der Waals surface area contributed by atoms with E-state index in [1.54, 1.807) is 12.1 Å². The Morgan fingerprint density at radius 3 is 2.31 bits per heavy atom. The third-order valence-electron chi connectivity index (χ3n) is 4.56. The van der Waals surface area contributed by atoms with Crippen LogP contribution in [-0.2, 0) is 17.1 Å². The van der Waals surface area contributed by atoms with Crippen LogP contribution in [0, 0.1) is 0 Å². The molecule has 2 heterocycles. The van der Waals surface area contributed by atoms with E-state index in [0.717, 1.165) is 0 Å². The second-order valence-electron chi connectivity index (χ2n) is 6.47. The molecule has 10 nitrogen and oxygen atoms in total. The summed E-state index contributed by atoms with van der Waals surface area (Å²) < 4.78 is 33.6. The van der Waals surface area contributed by atoms with Crippen LogP contribution in [0.25, 0.3) is 0 Å². The second-order valence-corrected chi connectivity index (χ2v) is 8.41. The molecule has 156 valence electrons. The molecule has 0 atom stereocenters. The Bertz CT molecular complexity index is 1010. The normalized spacial score (nSPS) is 15.3. The zero-order valence-electron chi connectivity index (χ0n) is 16.1. The van der Waals surface area contributed by atoms with Crippen LogP contribution in [0.1, 0.15) is 27.8 Å². The van der Waals surface area contributed by atoms with E-state index in [0.29, 0.717) is 12.4 Å². The number of ether oxygens (including phenoxy) is 1. The van der Waals surface area contributed by atoms with Crippen molar-refractivity contribution in [2.24, 2.45) is 7.05 Å². The average Bonchev–Trinajstić information content (AvgIpc) is 3.10. The molecule has 0 unspecified atom stereocenters. The van der Waals surface area contributed by atoms with Crippen LogP contribution < -0.4 is 4.74 Å². The third-order valence-corrected chi connectivity index (χ3v) is 6.47. The van der Waals surface area contributed by atoms with Crippen LogP contribution in [-0.4, -0.2) is 77.2 Å². The van der Waals surface area contributed by atoms with Gasteiger partial charge in [-0.15, -0.1) is 0 Å². The number of rotatable bonds is 6. The molecule has 1 saturated heterocycles. The van der Waals surface area contributed by atoms with E-state index in [1.807, 2.05) is 6.92 Å². The molecule has 0 spiro atoms. The van der Waals surface area contributed by atoms with Crippen molar-refractivity contribution in [3.05, 3.63) is 41.7 Å². The molecule has 1 fully saturated rings. The van der Waals surface area contributed by atoms with Crippen molar-refractivity contribution in [2.75, 3.05) is 32.8 Å². The maximum atomic E-state index is 12.8. The standard InChI is InChI=1S/C18H22N4O6S/c1-3-28-13-4-6-14(7-5-13)29(26,27)22-10-8-21(9-11-22)17(23)16-15(18(24)25)12-20(2)19-16/h4-7,12H,3,8-11H2,1-2H3,(H,24,25). The van der Waals surface area contributed by atoms with Gasteiger partial charge in [-0.3, -0.25) is 9.48 Å². The number of piperazine rings is 1. The van der Waals surface area contributed by atoms with E-state index in [2.05, 4.69) is 5.10 Å². The number of amides is 1. The number of hydrogen-bond acceptors (Lipinski definition) is 6. The Balaban J connectivity index is 1.70. The van der Waals surface area contributed by atoms with Crippen molar-refractivity contribution in [2.45, 2.75) is 11.8 Å². The summed E-state index contributed by atoms with van der Waals surface area (Å²) in [6.07, 6.45) is 1.27. The van der Waals surface area contributed by atoms with Gasteiger partial charge in [0.05, 0.1) is 11.5 Å². The first-order chi connectivity index (χ1) is 13.7.